The summed E-state index contributed by atoms with van der Waals surface area (Å²) in [6, 6.07) is 3.86. The molecule has 0 radical (unpaired) electrons. The van der Waals surface area contributed by atoms with Gasteiger partial charge in [-0.25, -0.2) is 9.98 Å². The first-order valence-electron chi connectivity index (χ1n) is 4.96. The average Bonchev–Trinajstić information content (AvgIpc) is 2.53. The lowest BCUT2D eigenvalue weighted by molar-refractivity contribution is 0.456. The molecule has 0 bridgehead atoms. The molecule has 0 unspecified atom stereocenters. The van der Waals surface area contributed by atoms with E-state index >= 15 is 0 Å². The van der Waals surface area contributed by atoms with Crippen LogP contribution >= 0.6 is 23.6 Å². The molecule has 0 aliphatic rings. The molecular formula is C11H11N3OS2. The molecule has 0 saturated heterocycles. The first-order valence-corrected chi connectivity index (χ1v) is 6.18. The number of nitrogens with one attached hydrogen (secondary N) is 1. The first kappa shape index (κ1) is 11.9. The molecule has 4 nitrogen and oxygen atoms in total. The average molecular weight is 265 g/mol. The van der Waals surface area contributed by atoms with Crippen LogP contribution in [0.5, 0.6) is 5.88 Å². The number of H-pyrrole nitrogens is 1. The van der Waals surface area contributed by atoms with E-state index in [4.69, 9.17) is 12.2 Å². The summed E-state index contributed by atoms with van der Waals surface area (Å²) in [6.07, 6.45) is 1.56. The van der Waals surface area contributed by atoms with Crippen molar-refractivity contribution in [2.75, 3.05) is 0 Å². The molecule has 0 atom stereocenters. The van der Waals surface area contributed by atoms with Crippen molar-refractivity contribution in [3.63, 3.8) is 0 Å². The zero-order valence-corrected chi connectivity index (χ0v) is 11.0. The Bertz CT molecular complexity index is 608. The van der Waals surface area contributed by atoms with E-state index in [9.17, 15) is 5.11 Å². The molecule has 0 fully saturated rings. The van der Waals surface area contributed by atoms with E-state index in [1.54, 1.807) is 6.21 Å². The SMILES string of the molecule is Cc1cc(C)nc(N=Cc2sc(=S)[nH]c2O)c1. The van der Waals surface area contributed by atoms with Crippen LogP contribution in [-0.2, 0) is 0 Å². The third-order valence-electron chi connectivity index (χ3n) is 2.05. The van der Waals surface area contributed by atoms with Gasteiger partial charge in [0.25, 0.3) is 0 Å². The maximum absolute atomic E-state index is 9.50. The summed E-state index contributed by atoms with van der Waals surface area (Å²) in [5.41, 5.74) is 2.03. The van der Waals surface area contributed by atoms with E-state index in [2.05, 4.69) is 15.0 Å². The van der Waals surface area contributed by atoms with Crippen LogP contribution in [0.3, 0.4) is 0 Å². The Hall–Kier alpha value is -1.53. The maximum atomic E-state index is 9.50. The standard InChI is InChI=1S/C11H11N3OS2/c1-6-3-7(2)13-9(4-6)12-5-8-10(15)14-11(16)17-8/h3-5,15H,1-2H3,(H,14,16). The Morgan fingerprint density at radius 2 is 2.24 bits per heavy atom. The molecule has 0 spiro atoms. The molecule has 6 heteroatoms. The van der Waals surface area contributed by atoms with Gasteiger partial charge in [-0.05, 0) is 43.8 Å². The number of aryl methyl sites for hydroxylation is 2. The van der Waals surface area contributed by atoms with Gasteiger partial charge in [-0.15, -0.1) is 0 Å². The molecule has 0 aliphatic heterocycles. The monoisotopic (exact) mass is 265 g/mol. The Morgan fingerprint density at radius 3 is 2.82 bits per heavy atom. The molecule has 0 aliphatic carbocycles. The minimum atomic E-state index is 0.0492. The molecule has 0 aromatic carbocycles. The van der Waals surface area contributed by atoms with Gasteiger partial charge in [0.05, 0.1) is 6.21 Å². The number of rotatable bonds is 2. The zero-order chi connectivity index (χ0) is 12.4. The highest BCUT2D eigenvalue weighted by molar-refractivity contribution is 7.73. The fourth-order valence-corrected chi connectivity index (χ4v) is 2.40. The molecule has 2 aromatic heterocycles. The summed E-state index contributed by atoms with van der Waals surface area (Å²) in [5, 5.41) is 9.50. The van der Waals surface area contributed by atoms with Gasteiger partial charge >= 0.3 is 0 Å². The summed E-state index contributed by atoms with van der Waals surface area (Å²) < 4.78 is 0.525. The van der Waals surface area contributed by atoms with Gasteiger partial charge in [-0.2, -0.15) is 0 Å². The molecule has 0 amide bonds. The Balaban J connectivity index is 2.31. The van der Waals surface area contributed by atoms with Crippen molar-refractivity contribution in [1.82, 2.24) is 9.97 Å². The van der Waals surface area contributed by atoms with Gasteiger partial charge in [0.15, 0.2) is 9.77 Å². The number of aromatic nitrogens is 2. The van der Waals surface area contributed by atoms with Crippen molar-refractivity contribution in [2.45, 2.75) is 13.8 Å². The summed E-state index contributed by atoms with van der Waals surface area (Å²) in [4.78, 5) is 11.7. The summed E-state index contributed by atoms with van der Waals surface area (Å²) >= 11 is 6.19. The van der Waals surface area contributed by atoms with Crippen molar-refractivity contribution in [1.29, 1.82) is 0 Å². The van der Waals surface area contributed by atoms with Crippen LogP contribution in [0.25, 0.3) is 0 Å². The van der Waals surface area contributed by atoms with E-state index in [-0.39, 0.29) is 5.88 Å². The van der Waals surface area contributed by atoms with Crippen LogP contribution in [0, 0.1) is 17.8 Å². The van der Waals surface area contributed by atoms with Crippen LogP contribution in [0.1, 0.15) is 16.1 Å². The smallest absolute Gasteiger partial charge is 0.209 e. The zero-order valence-electron chi connectivity index (χ0n) is 9.39. The van der Waals surface area contributed by atoms with Gasteiger partial charge in [0.2, 0.25) is 5.88 Å². The normalized spacial score (nSPS) is 11.2. The number of hydrogen-bond acceptors (Lipinski definition) is 5. The quantitative estimate of drug-likeness (QED) is 0.647. The number of pyridine rings is 1. The number of nitrogens with zero attached hydrogens (tertiary/aromatic N) is 2. The number of thiazole rings is 1. The van der Waals surface area contributed by atoms with Crippen molar-refractivity contribution >= 4 is 35.6 Å². The van der Waals surface area contributed by atoms with E-state index < -0.39 is 0 Å². The largest absolute Gasteiger partial charge is 0.494 e. The number of aliphatic imine (C=N–C) groups is 1. The maximum Gasteiger partial charge on any atom is 0.209 e. The van der Waals surface area contributed by atoms with Gasteiger partial charge in [-0.3, -0.25) is 0 Å². The summed E-state index contributed by atoms with van der Waals surface area (Å²) in [7, 11) is 0. The molecule has 2 rings (SSSR count). The molecule has 88 valence electrons. The summed E-state index contributed by atoms with van der Waals surface area (Å²) in [5.74, 6) is 0.675. The molecule has 0 saturated carbocycles. The Labute approximate surface area is 108 Å². The van der Waals surface area contributed by atoms with Gasteiger partial charge in [0.1, 0.15) is 4.88 Å². The molecule has 2 aromatic rings. The van der Waals surface area contributed by atoms with Crippen molar-refractivity contribution in [2.24, 2.45) is 4.99 Å². The first-order chi connectivity index (χ1) is 8.04. The lowest BCUT2D eigenvalue weighted by Gasteiger charge is -1.97. The van der Waals surface area contributed by atoms with Crippen LogP contribution in [0.2, 0.25) is 0 Å². The van der Waals surface area contributed by atoms with Gasteiger partial charge in [0, 0.05) is 5.69 Å². The third-order valence-corrected chi connectivity index (χ3v) is 3.21. The van der Waals surface area contributed by atoms with Crippen LogP contribution in [0.15, 0.2) is 17.1 Å². The minimum absolute atomic E-state index is 0.0492. The fraction of sp³-hybridized carbons (Fsp3) is 0.182. The highest BCUT2D eigenvalue weighted by Gasteiger charge is 2.01. The summed E-state index contributed by atoms with van der Waals surface area (Å²) in [6.45, 7) is 3.91. The fourth-order valence-electron chi connectivity index (χ4n) is 1.43. The second-order valence-electron chi connectivity index (χ2n) is 3.63. The molecular weight excluding hydrogens is 254 g/mol. The predicted octanol–water partition coefficient (Wildman–Crippen LogP) is 3.27. The lowest BCUT2D eigenvalue weighted by Crippen LogP contribution is -1.84. The second-order valence-corrected chi connectivity index (χ2v) is 5.35. The predicted molar refractivity (Wildman–Crippen MR) is 72.1 cm³/mol. The Kier molecular flexibility index (Phi) is 3.35. The molecule has 2 N–H and O–H groups in total. The van der Waals surface area contributed by atoms with Crippen molar-refractivity contribution in [3.05, 3.63) is 32.2 Å². The lowest BCUT2D eigenvalue weighted by atomic mass is 10.2. The minimum Gasteiger partial charge on any atom is -0.494 e. The highest BCUT2D eigenvalue weighted by Crippen LogP contribution is 2.20. The van der Waals surface area contributed by atoms with Gasteiger partial charge in [-0.1, -0.05) is 11.3 Å². The second kappa shape index (κ2) is 4.77. The topological polar surface area (TPSA) is 61.3 Å². The van der Waals surface area contributed by atoms with E-state index in [0.717, 1.165) is 11.3 Å². The molecule has 17 heavy (non-hydrogen) atoms. The number of aromatic amines is 1. The van der Waals surface area contributed by atoms with Crippen molar-refractivity contribution in [3.8, 4) is 5.88 Å². The van der Waals surface area contributed by atoms with Crippen molar-refractivity contribution < 1.29 is 5.11 Å². The van der Waals surface area contributed by atoms with E-state index in [1.807, 2.05) is 26.0 Å². The third kappa shape index (κ3) is 2.98. The van der Waals surface area contributed by atoms with Crippen LogP contribution in [-0.4, -0.2) is 21.3 Å². The van der Waals surface area contributed by atoms with Gasteiger partial charge < -0.3 is 10.1 Å². The number of aromatic hydroxyl groups is 1. The number of hydrogen-bond donors (Lipinski definition) is 2. The Morgan fingerprint density at radius 1 is 1.47 bits per heavy atom. The molecule has 2 heterocycles. The van der Waals surface area contributed by atoms with Crippen LogP contribution < -0.4 is 0 Å². The van der Waals surface area contributed by atoms with E-state index in [1.165, 1.54) is 11.3 Å². The highest BCUT2D eigenvalue weighted by atomic mass is 32.1. The van der Waals surface area contributed by atoms with Crippen LogP contribution in [0.4, 0.5) is 5.82 Å². The van der Waals surface area contributed by atoms with E-state index in [0.29, 0.717) is 14.6 Å².